The number of nitrogens with two attached hydrogens (primary N) is 1. The third kappa shape index (κ3) is 1.88. The average Bonchev–Trinajstić information content (AvgIpc) is 2.46. The van der Waals surface area contributed by atoms with E-state index in [0.29, 0.717) is 10.8 Å². The van der Waals surface area contributed by atoms with Crippen molar-refractivity contribution in [2.75, 3.05) is 5.73 Å². The molecule has 1 aliphatic rings. The molecule has 0 saturated carbocycles. The molecule has 0 spiro atoms. The van der Waals surface area contributed by atoms with E-state index in [1.54, 1.807) is 6.07 Å². The largest absolute Gasteiger partial charge is 0.397 e. The van der Waals surface area contributed by atoms with Gasteiger partial charge in [0.2, 0.25) is 0 Å². The third-order valence-corrected chi connectivity index (χ3v) is 3.08. The zero-order valence-electron chi connectivity index (χ0n) is 9.53. The van der Waals surface area contributed by atoms with Crippen molar-refractivity contribution in [3.8, 4) is 0 Å². The first-order valence-electron chi connectivity index (χ1n) is 5.19. The first-order valence-corrected chi connectivity index (χ1v) is 5.57. The Hall–Kier alpha value is -0.840. The van der Waals surface area contributed by atoms with Gasteiger partial charge in [-0.05, 0) is 26.8 Å². The van der Waals surface area contributed by atoms with Crippen LogP contribution >= 0.6 is 11.6 Å². The molecule has 4 nitrogen and oxygen atoms in total. The van der Waals surface area contributed by atoms with Crippen LogP contribution in [0.2, 0.25) is 5.15 Å². The van der Waals surface area contributed by atoms with Crippen molar-refractivity contribution in [2.45, 2.75) is 38.8 Å². The summed E-state index contributed by atoms with van der Waals surface area (Å²) >= 11 is 5.85. The number of nitrogen functional groups attached to an aromatic ring is 1. The van der Waals surface area contributed by atoms with E-state index in [4.69, 9.17) is 26.8 Å². The summed E-state index contributed by atoms with van der Waals surface area (Å²) in [6, 6.07) is 1.68. The van der Waals surface area contributed by atoms with E-state index in [1.165, 1.54) is 6.20 Å². The van der Waals surface area contributed by atoms with Crippen LogP contribution in [0, 0.1) is 0 Å². The normalized spacial score (nSPS) is 34.2. The highest BCUT2D eigenvalue weighted by atomic mass is 35.5. The molecule has 0 bridgehead atoms. The highest BCUT2D eigenvalue weighted by molar-refractivity contribution is 6.29. The van der Waals surface area contributed by atoms with Crippen molar-refractivity contribution < 1.29 is 9.47 Å². The molecule has 0 aliphatic carbocycles. The van der Waals surface area contributed by atoms with Gasteiger partial charge in [-0.3, -0.25) is 0 Å². The van der Waals surface area contributed by atoms with Crippen LogP contribution in [0.3, 0.4) is 0 Å². The highest BCUT2D eigenvalue weighted by Gasteiger charge is 2.42. The predicted octanol–water partition coefficient (Wildman–Crippen LogP) is 2.31. The molecule has 88 valence electrons. The zero-order valence-corrected chi connectivity index (χ0v) is 10.3. The Morgan fingerprint density at radius 1 is 1.38 bits per heavy atom. The molecular formula is C11H15ClN2O2. The number of hydrogen-bond donors (Lipinski definition) is 1. The number of nitrogens with zero attached hydrogens (tertiary/aromatic N) is 1. The second-order valence-electron chi connectivity index (χ2n) is 4.19. The molecule has 3 atom stereocenters. The monoisotopic (exact) mass is 242 g/mol. The van der Waals surface area contributed by atoms with Crippen LogP contribution in [0.4, 0.5) is 5.69 Å². The van der Waals surface area contributed by atoms with Crippen LogP contribution in [-0.4, -0.2) is 17.2 Å². The van der Waals surface area contributed by atoms with E-state index < -0.39 is 5.79 Å². The van der Waals surface area contributed by atoms with E-state index in [0.717, 1.165) is 5.56 Å². The number of pyridine rings is 1. The van der Waals surface area contributed by atoms with E-state index in [-0.39, 0.29) is 12.2 Å². The van der Waals surface area contributed by atoms with Gasteiger partial charge in [0.05, 0.1) is 24.1 Å². The second-order valence-corrected chi connectivity index (χ2v) is 4.57. The zero-order chi connectivity index (χ0) is 11.9. The maximum absolute atomic E-state index is 5.86. The number of halogens is 1. The van der Waals surface area contributed by atoms with Crippen molar-refractivity contribution in [1.82, 2.24) is 4.98 Å². The minimum Gasteiger partial charge on any atom is -0.397 e. The molecule has 0 amide bonds. The summed E-state index contributed by atoms with van der Waals surface area (Å²) in [5.74, 6) is -0.838. The Balaban J connectivity index is 2.40. The summed E-state index contributed by atoms with van der Waals surface area (Å²) in [6.45, 7) is 5.78. The van der Waals surface area contributed by atoms with Crippen LogP contribution in [-0.2, 0) is 15.3 Å². The van der Waals surface area contributed by atoms with Gasteiger partial charge in [-0.2, -0.15) is 0 Å². The predicted molar refractivity (Wildman–Crippen MR) is 62.1 cm³/mol. The number of ether oxygens (including phenoxy) is 2. The van der Waals surface area contributed by atoms with Crippen LogP contribution in [0.25, 0.3) is 0 Å². The van der Waals surface area contributed by atoms with Gasteiger partial charge in [-0.25, -0.2) is 4.98 Å². The quantitative estimate of drug-likeness (QED) is 0.768. The molecule has 1 saturated heterocycles. The van der Waals surface area contributed by atoms with Gasteiger partial charge >= 0.3 is 0 Å². The number of anilines is 1. The molecule has 1 aromatic rings. The van der Waals surface area contributed by atoms with E-state index >= 15 is 0 Å². The van der Waals surface area contributed by atoms with Gasteiger partial charge in [0.1, 0.15) is 5.15 Å². The second kappa shape index (κ2) is 3.87. The fourth-order valence-corrected chi connectivity index (χ4v) is 2.05. The molecule has 2 N–H and O–H groups in total. The SMILES string of the molecule is C[C@@H]1OC(C)(c2cc(Cl)ncc2N)O[C@@H]1C. The molecule has 2 rings (SSSR count). The maximum Gasteiger partial charge on any atom is 0.194 e. The molecule has 2 heterocycles. The van der Waals surface area contributed by atoms with E-state index in [9.17, 15) is 0 Å². The Bertz CT molecular complexity index is 401. The summed E-state index contributed by atoms with van der Waals surface area (Å²) in [6.07, 6.45) is 1.57. The topological polar surface area (TPSA) is 57.4 Å². The van der Waals surface area contributed by atoms with Crippen molar-refractivity contribution in [3.63, 3.8) is 0 Å². The lowest BCUT2D eigenvalue weighted by Gasteiger charge is -2.25. The molecule has 5 heteroatoms. The van der Waals surface area contributed by atoms with E-state index in [2.05, 4.69) is 4.98 Å². The highest BCUT2D eigenvalue weighted by Crippen LogP contribution is 2.39. The first-order chi connectivity index (χ1) is 7.42. The number of rotatable bonds is 1. The molecular weight excluding hydrogens is 228 g/mol. The van der Waals surface area contributed by atoms with Crippen LogP contribution in [0.1, 0.15) is 26.3 Å². The molecule has 1 fully saturated rings. The summed E-state index contributed by atoms with van der Waals surface area (Å²) in [5, 5.41) is 0.379. The Morgan fingerprint density at radius 3 is 2.50 bits per heavy atom. The smallest absolute Gasteiger partial charge is 0.194 e. The summed E-state index contributed by atoms with van der Waals surface area (Å²) in [4.78, 5) is 3.91. The summed E-state index contributed by atoms with van der Waals surface area (Å²) in [7, 11) is 0. The van der Waals surface area contributed by atoms with Gasteiger partial charge in [0.15, 0.2) is 5.79 Å². The van der Waals surface area contributed by atoms with Crippen LogP contribution < -0.4 is 5.73 Å². The minimum atomic E-state index is -0.838. The Kier molecular flexibility index (Phi) is 2.82. The fourth-order valence-electron chi connectivity index (χ4n) is 1.89. The summed E-state index contributed by atoms with van der Waals surface area (Å²) < 4.78 is 11.6. The van der Waals surface area contributed by atoms with Crippen LogP contribution in [0.5, 0.6) is 0 Å². The summed E-state index contributed by atoms with van der Waals surface area (Å²) in [5.41, 5.74) is 7.11. The van der Waals surface area contributed by atoms with Gasteiger partial charge in [0.25, 0.3) is 0 Å². The number of hydrogen-bond acceptors (Lipinski definition) is 4. The Morgan fingerprint density at radius 2 is 1.94 bits per heavy atom. The lowest BCUT2D eigenvalue weighted by molar-refractivity contribution is -0.166. The molecule has 16 heavy (non-hydrogen) atoms. The molecule has 0 radical (unpaired) electrons. The van der Waals surface area contributed by atoms with Gasteiger partial charge in [-0.1, -0.05) is 11.6 Å². The van der Waals surface area contributed by atoms with Gasteiger partial charge in [-0.15, -0.1) is 0 Å². The average molecular weight is 243 g/mol. The molecule has 1 aromatic heterocycles. The minimum absolute atomic E-state index is 0.0244. The fraction of sp³-hybridized carbons (Fsp3) is 0.545. The molecule has 0 aromatic carbocycles. The Labute approximate surface area is 99.7 Å². The number of aromatic nitrogens is 1. The van der Waals surface area contributed by atoms with E-state index in [1.807, 2.05) is 20.8 Å². The van der Waals surface area contributed by atoms with Gasteiger partial charge in [0, 0.05) is 5.56 Å². The van der Waals surface area contributed by atoms with Crippen molar-refractivity contribution in [2.24, 2.45) is 0 Å². The lowest BCUT2D eigenvalue weighted by Crippen LogP contribution is -2.25. The van der Waals surface area contributed by atoms with Crippen molar-refractivity contribution >= 4 is 17.3 Å². The van der Waals surface area contributed by atoms with Gasteiger partial charge < -0.3 is 15.2 Å². The first kappa shape index (κ1) is 11.6. The molecule has 1 unspecified atom stereocenters. The molecule has 1 aliphatic heterocycles. The van der Waals surface area contributed by atoms with Crippen molar-refractivity contribution in [3.05, 3.63) is 23.0 Å². The van der Waals surface area contributed by atoms with Crippen molar-refractivity contribution in [1.29, 1.82) is 0 Å². The third-order valence-electron chi connectivity index (χ3n) is 2.87. The lowest BCUT2D eigenvalue weighted by atomic mass is 10.1. The van der Waals surface area contributed by atoms with Crippen LogP contribution in [0.15, 0.2) is 12.3 Å². The standard InChI is InChI=1S/C11H15ClN2O2/c1-6-7(2)16-11(3,15-6)8-4-10(12)14-5-9(8)13/h4-7H,13H2,1-3H3/t6-,7+,11?. The maximum atomic E-state index is 5.86.